The Morgan fingerprint density at radius 2 is 2.00 bits per heavy atom. The van der Waals surface area contributed by atoms with E-state index in [2.05, 4.69) is 55.7 Å². The van der Waals surface area contributed by atoms with E-state index in [1.54, 1.807) is 0 Å². The molecular formula is C28H38N2O2. The number of carbonyl (C=O) groups excluding carboxylic acids is 1. The molecule has 4 nitrogen and oxygen atoms in total. The van der Waals surface area contributed by atoms with Crippen molar-refractivity contribution in [2.45, 2.75) is 66.4 Å². The monoisotopic (exact) mass is 434 g/mol. The van der Waals surface area contributed by atoms with Gasteiger partial charge in [-0.1, -0.05) is 45.6 Å². The highest BCUT2D eigenvalue weighted by Crippen LogP contribution is 2.46. The Morgan fingerprint density at radius 3 is 2.50 bits per heavy atom. The molecule has 0 aliphatic heterocycles. The fourth-order valence-electron chi connectivity index (χ4n) is 4.43. The van der Waals surface area contributed by atoms with Crippen LogP contribution < -0.4 is 4.90 Å². The summed E-state index contributed by atoms with van der Waals surface area (Å²) in [6.45, 7) is 16.0. The normalized spacial score (nSPS) is 18.7. The van der Waals surface area contributed by atoms with Crippen LogP contribution in [0.3, 0.4) is 0 Å². The number of allylic oxidation sites excluding steroid dienone is 3. The van der Waals surface area contributed by atoms with Crippen LogP contribution in [-0.4, -0.2) is 25.7 Å². The van der Waals surface area contributed by atoms with Crippen molar-refractivity contribution in [2.24, 2.45) is 11.3 Å². The lowest BCUT2D eigenvalue weighted by molar-refractivity contribution is -0.149. The summed E-state index contributed by atoms with van der Waals surface area (Å²) in [7, 11) is 4.07. The Balaban J connectivity index is 2.65. The molecular weight excluding hydrogens is 396 g/mol. The molecule has 0 amide bonds. The molecule has 1 aromatic carbocycles. The summed E-state index contributed by atoms with van der Waals surface area (Å²) in [4.78, 5) is 14.9. The van der Waals surface area contributed by atoms with Crippen LogP contribution in [-0.2, 0) is 9.53 Å². The predicted octanol–water partition coefficient (Wildman–Crippen LogP) is 6.79. The Bertz CT molecular complexity index is 982. The number of hydrogen-bond acceptors (Lipinski definition) is 4. The Kier molecular flexibility index (Phi) is 7.78. The van der Waals surface area contributed by atoms with Gasteiger partial charge < -0.3 is 9.64 Å². The van der Waals surface area contributed by atoms with E-state index in [0.29, 0.717) is 6.42 Å². The van der Waals surface area contributed by atoms with Crippen LogP contribution in [0.2, 0.25) is 0 Å². The number of nitrogens with zero attached hydrogens (tertiary/aromatic N) is 2. The van der Waals surface area contributed by atoms with E-state index in [1.165, 1.54) is 5.57 Å². The molecule has 1 aliphatic rings. The second-order valence-electron chi connectivity index (χ2n) is 10.6. The van der Waals surface area contributed by atoms with E-state index in [1.807, 2.05) is 47.9 Å². The molecule has 0 saturated heterocycles. The van der Waals surface area contributed by atoms with E-state index >= 15 is 0 Å². The van der Waals surface area contributed by atoms with E-state index in [4.69, 9.17) is 4.74 Å². The van der Waals surface area contributed by atoms with Crippen LogP contribution in [0.25, 0.3) is 11.6 Å². The molecule has 0 saturated carbocycles. The lowest BCUT2D eigenvalue weighted by Gasteiger charge is -2.37. The smallest absolute Gasteiger partial charge is 0.349 e. The topological polar surface area (TPSA) is 53.3 Å². The first-order valence-electron chi connectivity index (χ1n) is 11.3. The van der Waals surface area contributed by atoms with Crippen LogP contribution in [0.4, 0.5) is 5.69 Å². The zero-order valence-electron chi connectivity index (χ0n) is 21.0. The third-order valence-electron chi connectivity index (χ3n) is 5.83. The number of esters is 1. The second-order valence-corrected chi connectivity index (χ2v) is 10.6. The molecule has 0 radical (unpaired) electrons. The number of nitriles is 1. The number of ether oxygens (including phenoxy) is 1. The van der Waals surface area contributed by atoms with Crippen molar-refractivity contribution < 1.29 is 9.53 Å². The molecule has 0 fully saturated rings. The first-order valence-corrected chi connectivity index (χ1v) is 11.3. The van der Waals surface area contributed by atoms with E-state index in [9.17, 15) is 10.1 Å². The molecule has 2 rings (SSSR count). The zero-order chi connectivity index (χ0) is 24.3. The molecule has 1 aliphatic carbocycles. The molecule has 4 heteroatoms. The number of benzene rings is 1. The van der Waals surface area contributed by atoms with E-state index in [0.717, 1.165) is 35.2 Å². The van der Waals surface area contributed by atoms with Crippen LogP contribution >= 0.6 is 0 Å². The number of carbonyl (C=O) groups is 1. The highest BCUT2D eigenvalue weighted by atomic mass is 16.6. The van der Waals surface area contributed by atoms with Gasteiger partial charge in [0.15, 0.2) is 0 Å². The summed E-state index contributed by atoms with van der Waals surface area (Å²) in [5.74, 6) is -0.529. The van der Waals surface area contributed by atoms with Gasteiger partial charge in [-0.3, -0.25) is 0 Å². The quantitative estimate of drug-likeness (QED) is 0.281. The third kappa shape index (κ3) is 6.13. The Labute approximate surface area is 194 Å². The average Bonchev–Trinajstić information content (AvgIpc) is 2.68. The lowest BCUT2D eigenvalue weighted by atomic mass is 9.68. The van der Waals surface area contributed by atoms with Gasteiger partial charge in [-0.05, 0) is 79.9 Å². The molecule has 0 bridgehead atoms. The van der Waals surface area contributed by atoms with Crippen molar-refractivity contribution in [3.8, 4) is 6.07 Å². The van der Waals surface area contributed by atoms with Crippen molar-refractivity contribution in [2.75, 3.05) is 19.0 Å². The van der Waals surface area contributed by atoms with Gasteiger partial charge in [0.1, 0.15) is 17.2 Å². The molecule has 0 spiro atoms. The van der Waals surface area contributed by atoms with E-state index < -0.39 is 11.6 Å². The molecule has 172 valence electrons. The molecule has 1 unspecified atom stereocenters. The highest BCUT2D eigenvalue weighted by Gasteiger charge is 2.34. The SMILES string of the molecule is C=Cc1ccc(N(C)C)cc1C1=CC(/C(CC)=C(\C#N)C(=O)OC(C)(C)C)CC(C)(C)C1. The molecule has 0 heterocycles. The van der Waals surface area contributed by atoms with Gasteiger partial charge in [0.25, 0.3) is 0 Å². The van der Waals surface area contributed by atoms with Gasteiger partial charge in [-0.25, -0.2) is 4.79 Å². The fourth-order valence-corrected chi connectivity index (χ4v) is 4.43. The van der Waals surface area contributed by atoms with Gasteiger partial charge in [-0.2, -0.15) is 5.26 Å². The maximum Gasteiger partial charge on any atom is 0.349 e. The average molecular weight is 435 g/mol. The number of hydrogen-bond donors (Lipinski definition) is 0. The molecule has 1 aromatic rings. The summed E-state index contributed by atoms with van der Waals surface area (Å²) in [6, 6.07) is 8.56. The lowest BCUT2D eigenvalue weighted by Crippen LogP contribution is -2.27. The summed E-state index contributed by atoms with van der Waals surface area (Å²) in [5, 5.41) is 9.87. The standard InChI is InChI=1S/C28H38N2O2/c1-10-19-12-13-22(30(8)9)15-24(19)21-14-20(16-28(6,7)17-21)23(11-2)25(18-29)26(31)32-27(3,4)5/h10,12-15,20H,1,11,16-17H2,2-9H3/b25-23+. The minimum atomic E-state index is -0.643. The predicted molar refractivity (Wildman–Crippen MR) is 134 cm³/mol. The van der Waals surface area contributed by atoms with E-state index in [-0.39, 0.29) is 16.9 Å². The summed E-state index contributed by atoms with van der Waals surface area (Å²) < 4.78 is 5.55. The third-order valence-corrected chi connectivity index (χ3v) is 5.83. The van der Waals surface area contributed by atoms with Crippen molar-refractivity contribution in [3.63, 3.8) is 0 Å². The maximum atomic E-state index is 12.8. The number of anilines is 1. The van der Waals surface area contributed by atoms with Crippen molar-refractivity contribution in [3.05, 3.63) is 53.1 Å². The largest absolute Gasteiger partial charge is 0.456 e. The number of rotatable bonds is 6. The van der Waals surface area contributed by atoms with Gasteiger partial charge in [-0.15, -0.1) is 0 Å². The van der Waals surface area contributed by atoms with Crippen LogP contribution in [0.1, 0.15) is 71.9 Å². The minimum absolute atomic E-state index is 0.00148. The van der Waals surface area contributed by atoms with Crippen molar-refractivity contribution >= 4 is 23.3 Å². The molecule has 0 aromatic heterocycles. The molecule has 0 N–H and O–H groups in total. The van der Waals surface area contributed by atoms with Crippen LogP contribution in [0.5, 0.6) is 0 Å². The zero-order valence-corrected chi connectivity index (χ0v) is 21.0. The molecule has 1 atom stereocenters. The summed E-state index contributed by atoms with van der Waals surface area (Å²) in [6.07, 6.45) is 6.58. The summed E-state index contributed by atoms with van der Waals surface area (Å²) in [5.41, 5.74) is 5.00. The van der Waals surface area contributed by atoms with Gasteiger partial charge >= 0.3 is 5.97 Å². The maximum absolute atomic E-state index is 12.8. The van der Waals surface area contributed by atoms with Gasteiger partial charge in [0.2, 0.25) is 0 Å². The minimum Gasteiger partial charge on any atom is -0.456 e. The first-order chi connectivity index (χ1) is 14.8. The van der Waals surface area contributed by atoms with Crippen molar-refractivity contribution in [1.29, 1.82) is 5.26 Å². The van der Waals surface area contributed by atoms with Gasteiger partial charge in [0, 0.05) is 25.7 Å². The summed E-state index contributed by atoms with van der Waals surface area (Å²) >= 11 is 0. The van der Waals surface area contributed by atoms with Crippen LogP contribution in [0, 0.1) is 22.7 Å². The second kappa shape index (κ2) is 9.77. The van der Waals surface area contributed by atoms with Gasteiger partial charge in [0.05, 0.1) is 0 Å². The Hall–Kier alpha value is -2.80. The van der Waals surface area contributed by atoms with Crippen molar-refractivity contribution in [1.82, 2.24) is 0 Å². The van der Waals surface area contributed by atoms with Crippen LogP contribution in [0.15, 0.2) is 42.0 Å². The highest BCUT2D eigenvalue weighted by molar-refractivity contribution is 5.94. The molecule has 32 heavy (non-hydrogen) atoms. The Morgan fingerprint density at radius 1 is 1.34 bits per heavy atom. The first kappa shape index (κ1) is 25.5. The fraction of sp³-hybridized carbons (Fsp3) is 0.500.